The van der Waals surface area contributed by atoms with E-state index < -0.39 is 60.2 Å². The van der Waals surface area contributed by atoms with Gasteiger partial charge < -0.3 is 24.1 Å². The number of aromatic nitrogens is 3. The average molecular weight is 505 g/mol. The molecule has 0 amide bonds. The first-order chi connectivity index (χ1) is 17.4. The quantitative estimate of drug-likeness (QED) is 0.527. The number of benzene rings is 2. The number of carboxylic acid groups (broad SMARTS) is 1. The van der Waals surface area contributed by atoms with E-state index in [1.165, 1.54) is 18.0 Å². The molecule has 1 N–H and O–H groups in total. The Morgan fingerprint density at radius 1 is 1.14 bits per heavy atom. The normalized spacial score (nSPS) is 28.3. The fraction of sp³-hybridized carbons (Fsp3) is 0.375. The molecular weight excluding hydrogens is 483 g/mol. The Hall–Kier alpha value is -3.32. The summed E-state index contributed by atoms with van der Waals surface area (Å²) in [6.45, 7) is 0.244. The van der Waals surface area contributed by atoms with E-state index in [-0.39, 0.29) is 17.9 Å². The van der Waals surface area contributed by atoms with Crippen molar-refractivity contribution in [3.63, 3.8) is 0 Å². The number of methoxy groups -OCH3 is 1. The molecule has 9 nitrogen and oxygen atoms in total. The number of halogens is 3. The maximum atomic E-state index is 13.8. The summed E-state index contributed by atoms with van der Waals surface area (Å²) in [5.74, 6) is -5.58. The molecule has 0 aliphatic carbocycles. The summed E-state index contributed by atoms with van der Waals surface area (Å²) >= 11 is 0. The van der Waals surface area contributed by atoms with Crippen LogP contribution in [0.1, 0.15) is 24.3 Å². The number of carboxylic acids is 1. The zero-order valence-corrected chi connectivity index (χ0v) is 19.0. The van der Waals surface area contributed by atoms with Crippen LogP contribution in [0.5, 0.6) is 0 Å². The van der Waals surface area contributed by atoms with E-state index in [9.17, 15) is 23.1 Å². The van der Waals surface area contributed by atoms with Gasteiger partial charge in [-0.1, -0.05) is 35.5 Å². The lowest BCUT2D eigenvalue weighted by Gasteiger charge is -2.44. The van der Waals surface area contributed by atoms with Gasteiger partial charge in [0.05, 0.1) is 18.9 Å². The Labute approximate surface area is 203 Å². The van der Waals surface area contributed by atoms with Crippen LogP contribution in [0.4, 0.5) is 13.2 Å². The van der Waals surface area contributed by atoms with E-state index in [1.54, 1.807) is 0 Å². The molecule has 36 heavy (non-hydrogen) atoms. The van der Waals surface area contributed by atoms with Crippen molar-refractivity contribution >= 4 is 5.97 Å². The minimum atomic E-state index is -1.60. The van der Waals surface area contributed by atoms with Crippen molar-refractivity contribution in [3.05, 3.63) is 71.7 Å². The number of ether oxygens (including phenoxy) is 4. The van der Waals surface area contributed by atoms with Gasteiger partial charge >= 0.3 is 5.97 Å². The van der Waals surface area contributed by atoms with Crippen LogP contribution in [0.2, 0.25) is 0 Å². The fourth-order valence-corrected chi connectivity index (χ4v) is 4.61. The molecule has 0 unspecified atom stereocenters. The minimum absolute atomic E-state index is 0.0436. The van der Waals surface area contributed by atoms with Crippen molar-refractivity contribution in [1.82, 2.24) is 15.0 Å². The molecule has 2 fully saturated rings. The van der Waals surface area contributed by atoms with Gasteiger partial charge in [-0.2, -0.15) is 0 Å². The molecule has 190 valence electrons. The molecule has 3 heterocycles. The third-order valence-electron chi connectivity index (χ3n) is 6.29. The molecule has 0 bridgehead atoms. The topological polar surface area (TPSA) is 105 Å². The van der Waals surface area contributed by atoms with Crippen LogP contribution in [0.25, 0.3) is 11.3 Å². The van der Waals surface area contributed by atoms with E-state index in [0.717, 1.165) is 17.7 Å². The average Bonchev–Trinajstić information content (AvgIpc) is 3.26. The molecule has 0 spiro atoms. The molecule has 3 aromatic rings. The smallest absolute Gasteiger partial charge is 0.335 e. The zero-order valence-electron chi connectivity index (χ0n) is 19.0. The maximum Gasteiger partial charge on any atom is 0.335 e. The summed E-state index contributed by atoms with van der Waals surface area (Å²) < 4.78 is 66.0. The number of carbonyl (C=O) groups is 1. The van der Waals surface area contributed by atoms with Gasteiger partial charge in [-0.05, 0) is 18.6 Å². The van der Waals surface area contributed by atoms with E-state index in [1.807, 2.05) is 30.3 Å². The Morgan fingerprint density at radius 3 is 2.53 bits per heavy atom. The number of aliphatic carboxylic acids is 1. The summed E-state index contributed by atoms with van der Waals surface area (Å²) in [7, 11) is 1.34. The summed E-state index contributed by atoms with van der Waals surface area (Å²) in [4.78, 5) is 12.0. The van der Waals surface area contributed by atoms with Crippen molar-refractivity contribution in [2.45, 2.75) is 43.2 Å². The van der Waals surface area contributed by atoms with Crippen LogP contribution >= 0.6 is 0 Å². The van der Waals surface area contributed by atoms with Crippen LogP contribution in [0.3, 0.4) is 0 Å². The predicted molar refractivity (Wildman–Crippen MR) is 116 cm³/mol. The van der Waals surface area contributed by atoms with Crippen molar-refractivity contribution in [2.24, 2.45) is 0 Å². The third kappa shape index (κ3) is 4.48. The lowest BCUT2D eigenvalue weighted by molar-refractivity contribution is -0.246. The highest BCUT2D eigenvalue weighted by molar-refractivity contribution is 5.73. The molecule has 2 aliphatic heterocycles. The van der Waals surface area contributed by atoms with Gasteiger partial charge in [0.15, 0.2) is 29.8 Å². The Bertz CT molecular complexity index is 1220. The molecule has 0 radical (unpaired) electrons. The fourth-order valence-electron chi connectivity index (χ4n) is 4.61. The first-order valence-corrected chi connectivity index (χ1v) is 11.2. The highest BCUT2D eigenvalue weighted by Crippen LogP contribution is 2.40. The lowest BCUT2D eigenvalue weighted by atomic mass is 9.90. The largest absolute Gasteiger partial charge is 0.479 e. The summed E-state index contributed by atoms with van der Waals surface area (Å²) in [6, 6.07) is 9.94. The molecule has 0 saturated carbocycles. The minimum Gasteiger partial charge on any atom is -0.479 e. The molecule has 1 aromatic heterocycles. The summed E-state index contributed by atoms with van der Waals surface area (Å²) in [6.07, 6.45) is -2.95. The van der Waals surface area contributed by atoms with Crippen LogP contribution < -0.4 is 0 Å². The molecule has 5 rings (SSSR count). The number of rotatable bonds is 5. The van der Waals surface area contributed by atoms with Gasteiger partial charge in [-0.25, -0.2) is 22.6 Å². The standard InChI is InChI=1S/C24H22F3N3O6/c1-33-21-19(30-11-16(28-29-30)13-9-14(25)18(27)15(26)10-13)20-17(35-22(21)23(31)32)7-8-34-24(36-20)12-5-3-2-4-6-12/h2-6,9-11,17,19-22,24H,7-8H2,1H3,(H,31,32)/t17-,19+,20+,21-,22-,24+/m1/s1. The third-order valence-corrected chi connectivity index (χ3v) is 6.29. The number of hydrogen-bond acceptors (Lipinski definition) is 7. The van der Waals surface area contributed by atoms with Crippen LogP contribution in [-0.4, -0.2) is 64.2 Å². The predicted octanol–water partition coefficient (Wildman–Crippen LogP) is 3.27. The van der Waals surface area contributed by atoms with E-state index in [4.69, 9.17) is 18.9 Å². The van der Waals surface area contributed by atoms with Crippen LogP contribution in [0, 0.1) is 17.5 Å². The number of nitrogens with zero attached hydrogens (tertiary/aromatic N) is 3. The van der Waals surface area contributed by atoms with Crippen LogP contribution in [-0.2, 0) is 23.7 Å². The first kappa shape index (κ1) is 24.4. The second-order valence-corrected chi connectivity index (χ2v) is 8.46. The highest BCUT2D eigenvalue weighted by Gasteiger charge is 2.52. The van der Waals surface area contributed by atoms with E-state index in [0.29, 0.717) is 6.42 Å². The van der Waals surface area contributed by atoms with Crippen molar-refractivity contribution in [2.75, 3.05) is 13.7 Å². The summed E-state index contributed by atoms with van der Waals surface area (Å²) in [5.41, 5.74) is 0.752. The Kier molecular flexibility index (Phi) is 6.75. The zero-order chi connectivity index (χ0) is 25.4. The molecule has 12 heteroatoms. The Morgan fingerprint density at radius 2 is 1.86 bits per heavy atom. The highest BCUT2D eigenvalue weighted by atomic mass is 19.2. The van der Waals surface area contributed by atoms with Gasteiger partial charge in [-0.3, -0.25) is 0 Å². The van der Waals surface area contributed by atoms with Crippen molar-refractivity contribution < 1.29 is 42.0 Å². The van der Waals surface area contributed by atoms with E-state index >= 15 is 0 Å². The second-order valence-electron chi connectivity index (χ2n) is 8.46. The monoisotopic (exact) mass is 505 g/mol. The second kappa shape index (κ2) is 9.97. The molecule has 2 aliphatic rings. The van der Waals surface area contributed by atoms with Gasteiger partial charge in [-0.15, -0.1) is 5.10 Å². The lowest BCUT2D eigenvalue weighted by Crippen LogP contribution is -2.58. The van der Waals surface area contributed by atoms with Gasteiger partial charge in [0.1, 0.15) is 23.9 Å². The molecular formula is C24H22F3N3O6. The SMILES string of the molecule is CO[C@@H]1[C@@H](n2cc(-c3cc(F)c(F)c(F)c3)nn2)[C@H]2O[C@@H](c3ccccc3)OCC[C@H]2O[C@H]1C(=O)O. The maximum absolute atomic E-state index is 13.8. The Balaban J connectivity index is 1.55. The molecule has 6 atom stereocenters. The number of fused-ring (bicyclic) bond motifs is 1. The number of hydrogen-bond donors (Lipinski definition) is 1. The summed E-state index contributed by atoms with van der Waals surface area (Å²) in [5, 5.41) is 17.9. The van der Waals surface area contributed by atoms with Gasteiger partial charge in [0.25, 0.3) is 0 Å². The molecule has 2 saturated heterocycles. The van der Waals surface area contributed by atoms with Crippen LogP contribution in [0.15, 0.2) is 48.7 Å². The van der Waals surface area contributed by atoms with Gasteiger partial charge in [0.2, 0.25) is 0 Å². The van der Waals surface area contributed by atoms with Crippen molar-refractivity contribution in [1.29, 1.82) is 0 Å². The van der Waals surface area contributed by atoms with E-state index in [2.05, 4.69) is 10.3 Å². The van der Waals surface area contributed by atoms with Gasteiger partial charge in [0, 0.05) is 18.2 Å². The molecule has 2 aromatic carbocycles. The van der Waals surface area contributed by atoms with Crippen molar-refractivity contribution in [3.8, 4) is 11.3 Å². The first-order valence-electron chi connectivity index (χ1n) is 11.2.